The van der Waals surface area contributed by atoms with E-state index in [1.165, 1.54) is 31.7 Å². The molecule has 2 rings (SSSR count). The fourth-order valence-corrected chi connectivity index (χ4v) is 3.74. The molecule has 0 fully saturated rings. The number of halogens is 1. The van der Waals surface area contributed by atoms with Gasteiger partial charge in [-0.25, -0.2) is 4.98 Å². The molecule has 1 aromatic heterocycles. The first kappa shape index (κ1) is 16.7. The average molecular weight is 367 g/mol. The zero-order valence-corrected chi connectivity index (χ0v) is 15.8. The fourth-order valence-electron chi connectivity index (χ4n) is 2.42. The standard InChI is InChI=1S/C17H23BrN2S/c1-10(2)6-14-15(9-19-5)21-17(20-14)13-7-11(3)16(18)12(4)8-13/h7-8,10,19H,6,9H2,1-5H3. The Morgan fingerprint density at radius 2 is 1.86 bits per heavy atom. The SMILES string of the molecule is CNCc1sc(-c2cc(C)c(Br)c(C)c2)nc1CC(C)C. The predicted octanol–water partition coefficient (Wildman–Crippen LogP) is 5.11. The quantitative estimate of drug-likeness (QED) is 0.795. The first-order valence-electron chi connectivity index (χ1n) is 7.32. The number of hydrogen-bond donors (Lipinski definition) is 1. The van der Waals surface area contributed by atoms with Crippen molar-refractivity contribution in [3.63, 3.8) is 0 Å². The number of nitrogens with one attached hydrogen (secondary N) is 1. The van der Waals surface area contributed by atoms with Crippen LogP contribution in [0.1, 0.15) is 35.5 Å². The van der Waals surface area contributed by atoms with Crippen molar-refractivity contribution >= 4 is 27.3 Å². The minimum Gasteiger partial charge on any atom is -0.315 e. The Bertz CT molecular complexity index is 609. The van der Waals surface area contributed by atoms with Crippen molar-refractivity contribution in [3.8, 4) is 10.6 Å². The van der Waals surface area contributed by atoms with Crippen molar-refractivity contribution < 1.29 is 0 Å². The van der Waals surface area contributed by atoms with Gasteiger partial charge in [0.2, 0.25) is 0 Å². The molecule has 2 nitrogen and oxygen atoms in total. The Morgan fingerprint density at radius 1 is 1.24 bits per heavy atom. The number of aromatic nitrogens is 1. The Labute approximate surface area is 140 Å². The molecule has 1 heterocycles. The summed E-state index contributed by atoms with van der Waals surface area (Å²) < 4.78 is 1.20. The highest BCUT2D eigenvalue weighted by atomic mass is 79.9. The summed E-state index contributed by atoms with van der Waals surface area (Å²) in [6, 6.07) is 4.44. The maximum Gasteiger partial charge on any atom is 0.123 e. The molecule has 4 heteroatoms. The number of hydrogen-bond acceptors (Lipinski definition) is 3. The molecule has 0 atom stereocenters. The van der Waals surface area contributed by atoms with Crippen molar-refractivity contribution in [1.29, 1.82) is 0 Å². The van der Waals surface area contributed by atoms with Crippen LogP contribution in [-0.2, 0) is 13.0 Å². The molecule has 0 amide bonds. The Balaban J connectivity index is 2.44. The predicted molar refractivity (Wildman–Crippen MR) is 96.0 cm³/mol. The van der Waals surface area contributed by atoms with Gasteiger partial charge < -0.3 is 5.32 Å². The van der Waals surface area contributed by atoms with Crippen LogP contribution in [0.25, 0.3) is 10.6 Å². The molecular formula is C17H23BrN2S. The first-order chi connectivity index (χ1) is 9.92. The highest BCUT2D eigenvalue weighted by Crippen LogP contribution is 2.33. The molecule has 1 aromatic carbocycles. The summed E-state index contributed by atoms with van der Waals surface area (Å²) in [4.78, 5) is 6.27. The highest BCUT2D eigenvalue weighted by Gasteiger charge is 2.14. The van der Waals surface area contributed by atoms with Crippen molar-refractivity contribution in [1.82, 2.24) is 10.3 Å². The Hall–Kier alpha value is -0.710. The third-order valence-electron chi connectivity index (χ3n) is 3.40. The van der Waals surface area contributed by atoms with Crippen molar-refractivity contribution in [2.24, 2.45) is 5.92 Å². The molecule has 0 bridgehead atoms. The molecular weight excluding hydrogens is 344 g/mol. The molecule has 0 unspecified atom stereocenters. The van der Waals surface area contributed by atoms with Crippen LogP contribution in [0, 0.1) is 19.8 Å². The van der Waals surface area contributed by atoms with Crippen LogP contribution in [0.5, 0.6) is 0 Å². The molecule has 0 aliphatic carbocycles. The second-order valence-electron chi connectivity index (χ2n) is 5.94. The van der Waals surface area contributed by atoms with E-state index < -0.39 is 0 Å². The maximum absolute atomic E-state index is 4.91. The van der Waals surface area contributed by atoms with Gasteiger partial charge in [-0.15, -0.1) is 11.3 Å². The summed E-state index contributed by atoms with van der Waals surface area (Å²) in [6.07, 6.45) is 1.04. The molecule has 0 saturated carbocycles. The van der Waals surface area contributed by atoms with Gasteiger partial charge in [-0.2, -0.15) is 0 Å². The van der Waals surface area contributed by atoms with E-state index in [2.05, 4.69) is 61.1 Å². The summed E-state index contributed by atoms with van der Waals surface area (Å²) >= 11 is 5.45. The van der Waals surface area contributed by atoms with Gasteiger partial charge in [0.05, 0.1) is 5.69 Å². The van der Waals surface area contributed by atoms with Gasteiger partial charge in [-0.05, 0) is 56.5 Å². The second kappa shape index (κ2) is 7.03. The van der Waals surface area contributed by atoms with Crippen molar-refractivity contribution in [3.05, 3.63) is 38.3 Å². The van der Waals surface area contributed by atoms with E-state index in [1.807, 2.05) is 18.4 Å². The van der Waals surface area contributed by atoms with Gasteiger partial charge in [0.15, 0.2) is 0 Å². The largest absolute Gasteiger partial charge is 0.315 e. The molecule has 0 aliphatic heterocycles. The van der Waals surface area contributed by atoms with Gasteiger partial charge in [0.25, 0.3) is 0 Å². The summed E-state index contributed by atoms with van der Waals surface area (Å²) in [5, 5.41) is 4.39. The van der Waals surface area contributed by atoms with Gasteiger partial charge in [0, 0.05) is 21.5 Å². The molecule has 21 heavy (non-hydrogen) atoms. The lowest BCUT2D eigenvalue weighted by Crippen LogP contribution is -2.07. The topological polar surface area (TPSA) is 24.9 Å². The zero-order chi connectivity index (χ0) is 15.6. The minimum absolute atomic E-state index is 0.629. The lowest BCUT2D eigenvalue weighted by atomic mass is 10.1. The molecule has 2 aromatic rings. The molecule has 0 radical (unpaired) electrons. The Morgan fingerprint density at radius 3 is 2.38 bits per heavy atom. The van der Waals surface area contributed by atoms with Gasteiger partial charge in [-0.3, -0.25) is 0 Å². The third-order valence-corrected chi connectivity index (χ3v) is 5.80. The fraction of sp³-hybridized carbons (Fsp3) is 0.471. The molecule has 0 spiro atoms. The lowest BCUT2D eigenvalue weighted by Gasteiger charge is -2.05. The normalized spacial score (nSPS) is 11.4. The minimum atomic E-state index is 0.629. The van der Waals surface area contributed by atoms with Crippen LogP contribution in [0.15, 0.2) is 16.6 Å². The number of thiazole rings is 1. The first-order valence-corrected chi connectivity index (χ1v) is 8.93. The maximum atomic E-state index is 4.91. The summed E-state index contributed by atoms with van der Waals surface area (Å²) in [7, 11) is 1.99. The monoisotopic (exact) mass is 366 g/mol. The molecule has 114 valence electrons. The van der Waals surface area contributed by atoms with Crippen LogP contribution in [0.2, 0.25) is 0 Å². The molecule has 0 aliphatic rings. The van der Waals surface area contributed by atoms with Crippen LogP contribution >= 0.6 is 27.3 Å². The van der Waals surface area contributed by atoms with Gasteiger partial charge in [0.1, 0.15) is 5.01 Å². The van der Waals surface area contributed by atoms with E-state index in [4.69, 9.17) is 4.98 Å². The van der Waals surface area contributed by atoms with E-state index in [0.29, 0.717) is 5.92 Å². The van der Waals surface area contributed by atoms with E-state index in [1.54, 1.807) is 0 Å². The number of aryl methyl sites for hydroxylation is 2. The summed E-state index contributed by atoms with van der Waals surface area (Å²) in [5.74, 6) is 0.629. The molecule has 0 saturated heterocycles. The summed E-state index contributed by atoms with van der Waals surface area (Å²) in [5.41, 5.74) is 5.00. The van der Waals surface area contributed by atoms with Gasteiger partial charge >= 0.3 is 0 Å². The van der Waals surface area contributed by atoms with Crippen LogP contribution in [0.4, 0.5) is 0 Å². The summed E-state index contributed by atoms with van der Waals surface area (Å²) in [6.45, 7) is 9.66. The number of nitrogens with zero attached hydrogens (tertiary/aromatic N) is 1. The molecule has 1 N–H and O–H groups in total. The lowest BCUT2D eigenvalue weighted by molar-refractivity contribution is 0.631. The van der Waals surface area contributed by atoms with Crippen LogP contribution < -0.4 is 5.32 Å². The van der Waals surface area contributed by atoms with Crippen LogP contribution in [-0.4, -0.2) is 12.0 Å². The van der Waals surface area contributed by atoms with Crippen molar-refractivity contribution in [2.75, 3.05) is 7.05 Å². The van der Waals surface area contributed by atoms with Crippen LogP contribution in [0.3, 0.4) is 0 Å². The van der Waals surface area contributed by atoms with Gasteiger partial charge in [-0.1, -0.05) is 29.8 Å². The highest BCUT2D eigenvalue weighted by molar-refractivity contribution is 9.10. The average Bonchev–Trinajstić information content (AvgIpc) is 2.78. The van der Waals surface area contributed by atoms with E-state index >= 15 is 0 Å². The van der Waals surface area contributed by atoms with E-state index in [-0.39, 0.29) is 0 Å². The smallest absolute Gasteiger partial charge is 0.123 e. The third kappa shape index (κ3) is 3.93. The number of benzene rings is 1. The van der Waals surface area contributed by atoms with E-state index in [0.717, 1.165) is 18.0 Å². The van der Waals surface area contributed by atoms with Crippen molar-refractivity contribution in [2.45, 2.75) is 40.7 Å². The van der Waals surface area contributed by atoms with E-state index in [9.17, 15) is 0 Å². The number of rotatable bonds is 5. The zero-order valence-electron chi connectivity index (χ0n) is 13.4. The second-order valence-corrected chi connectivity index (χ2v) is 7.82. The Kier molecular flexibility index (Phi) is 5.58.